The molecule has 0 aromatic carbocycles. The normalized spacial score (nSPS) is 25.9. The van der Waals surface area contributed by atoms with Crippen LogP contribution in [-0.2, 0) is 14.8 Å². The summed E-state index contributed by atoms with van der Waals surface area (Å²) in [5, 5.41) is 0. The molecule has 19 heavy (non-hydrogen) atoms. The van der Waals surface area contributed by atoms with Gasteiger partial charge in [-0.25, -0.2) is 13.1 Å². The summed E-state index contributed by atoms with van der Waals surface area (Å²) in [4.78, 5) is 4.04. The fraction of sp³-hybridized carbons (Fsp3) is 0.583. The van der Waals surface area contributed by atoms with Crippen LogP contribution in [0.1, 0.15) is 20.3 Å². The first-order valence-corrected chi connectivity index (χ1v) is 8.20. The fourth-order valence-electron chi connectivity index (χ4n) is 2.28. The summed E-state index contributed by atoms with van der Waals surface area (Å²) in [5.74, 6) is 0. The van der Waals surface area contributed by atoms with E-state index in [9.17, 15) is 8.42 Å². The maximum absolute atomic E-state index is 12.3. The van der Waals surface area contributed by atoms with E-state index >= 15 is 0 Å². The summed E-state index contributed by atoms with van der Waals surface area (Å²) < 4.78 is 33.2. The lowest BCUT2D eigenvalue weighted by Crippen LogP contribution is -2.61. The molecule has 7 heteroatoms. The SMILES string of the molecule is COC1CC(NS(=O)(=O)c2cncc(Br)c2)C1(C)C. The van der Waals surface area contributed by atoms with E-state index in [2.05, 4.69) is 25.6 Å². The second kappa shape index (κ2) is 5.12. The summed E-state index contributed by atoms with van der Waals surface area (Å²) in [6.07, 6.45) is 3.66. The summed E-state index contributed by atoms with van der Waals surface area (Å²) in [5.41, 5.74) is -0.207. The van der Waals surface area contributed by atoms with E-state index in [1.165, 1.54) is 12.3 Å². The quantitative estimate of drug-likeness (QED) is 0.902. The molecule has 0 bridgehead atoms. The van der Waals surface area contributed by atoms with Gasteiger partial charge < -0.3 is 4.74 Å². The van der Waals surface area contributed by atoms with Gasteiger partial charge in [-0.1, -0.05) is 13.8 Å². The highest BCUT2D eigenvalue weighted by Crippen LogP contribution is 2.43. The van der Waals surface area contributed by atoms with Crippen LogP contribution in [0.2, 0.25) is 0 Å². The third-order valence-corrected chi connectivity index (χ3v) is 5.62. The Kier molecular flexibility index (Phi) is 4.02. The van der Waals surface area contributed by atoms with Gasteiger partial charge in [0.2, 0.25) is 10.0 Å². The van der Waals surface area contributed by atoms with Crippen molar-refractivity contribution in [2.45, 2.75) is 37.3 Å². The molecule has 0 amide bonds. The molecule has 2 unspecified atom stereocenters. The first-order chi connectivity index (χ1) is 8.77. The third-order valence-electron chi connectivity index (χ3n) is 3.75. The highest BCUT2D eigenvalue weighted by atomic mass is 79.9. The number of nitrogens with one attached hydrogen (secondary N) is 1. The van der Waals surface area contributed by atoms with Crippen molar-refractivity contribution in [3.8, 4) is 0 Å². The van der Waals surface area contributed by atoms with Crippen molar-refractivity contribution in [2.24, 2.45) is 5.41 Å². The van der Waals surface area contributed by atoms with Crippen LogP contribution >= 0.6 is 15.9 Å². The minimum atomic E-state index is -3.54. The minimum Gasteiger partial charge on any atom is -0.381 e. The molecule has 5 nitrogen and oxygen atoms in total. The standard InChI is InChI=1S/C12H17BrN2O3S/c1-12(2)10(5-11(12)18-3)15-19(16,17)9-4-8(13)6-14-7-9/h4,6-7,10-11,15H,5H2,1-3H3. The van der Waals surface area contributed by atoms with Crippen molar-refractivity contribution in [1.29, 1.82) is 0 Å². The lowest BCUT2D eigenvalue weighted by molar-refractivity contribution is -0.0908. The van der Waals surface area contributed by atoms with Gasteiger partial charge in [-0.3, -0.25) is 4.98 Å². The number of ether oxygens (including phenoxy) is 1. The lowest BCUT2D eigenvalue weighted by atomic mass is 9.65. The smallest absolute Gasteiger partial charge is 0.242 e. The molecule has 1 saturated carbocycles. The van der Waals surface area contributed by atoms with Gasteiger partial charge in [0.05, 0.1) is 6.10 Å². The number of halogens is 1. The first-order valence-electron chi connectivity index (χ1n) is 5.93. The van der Waals surface area contributed by atoms with Gasteiger partial charge in [0.25, 0.3) is 0 Å². The summed E-state index contributed by atoms with van der Waals surface area (Å²) in [7, 11) is -1.90. The van der Waals surface area contributed by atoms with Gasteiger partial charge in [0.15, 0.2) is 0 Å². The van der Waals surface area contributed by atoms with E-state index in [4.69, 9.17) is 4.74 Å². The molecule has 0 saturated heterocycles. The minimum absolute atomic E-state index is 0.0841. The van der Waals surface area contributed by atoms with E-state index in [1.54, 1.807) is 13.3 Å². The number of rotatable bonds is 4. The second-order valence-corrected chi connectivity index (χ2v) is 7.92. The monoisotopic (exact) mass is 348 g/mol. The van der Waals surface area contributed by atoms with Gasteiger partial charge in [-0.15, -0.1) is 0 Å². The van der Waals surface area contributed by atoms with Crippen molar-refractivity contribution in [3.63, 3.8) is 0 Å². The molecule has 106 valence electrons. The van der Waals surface area contributed by atoms with Crippen LogP contribution in [0, 0.1) is 5.41 Å². The van der Waals surface area contributed by atoms with Crippen LogP contribution in [0.3, 0.4) is 0 Å². The van der Waals surface area contributed by atoms with Crippen LogP contribution in [0.4, 0.5) is 0 Å². The van der Waals surface area contributed by atoms with Gasteiger partial charge >= 0.3 is 0 Å². The molecule has 1 aromatic rings. The van der Waals surface area contributed by atoms with Crippen LogP contribution in [0.15, 0.2) is 27.8 Å². The van der Waals surface area contributed by atoms with E-state index < -0.39 is 10.0 Å². The van der Waals surface area contributed by atoms with Crippen LogP contribution in [-0.4, -0.2) is 32.7 Å². The van der Waals surface area contributed by atoms with E-state index in [0.29, 0.717) is 10.9 Å². The first kappa shape index (κ1) is 14.9. The molecule has 1 aliphatic carbocycles. The molecule has 1 heterocycles. The van der Waals surface area contributed by atoms with Crippen molar-refractivity contribution >= 4 is 26.0 Å². The maximum atomic E-state index is 12.3. The largest absolute Gasteiger partial charge is 0.381 e. The predicted octanol–water partition coefficient (Wildman–Crippen LogP) is 1.94. The summed E-state index contributed by atoms with van der Waals surface area (Å²) in [6, 6.07) is 1.41. The van der Waals surface area contributed by atoms with Crippen LogP contribution < -0.4 is 4.72 Å². The molecule has 1 fully saturated rings. The fourth-order valence-corrected chi connectivity index (χ4v) is 4.19. The van der Waals surface area contributed by atoms with Gasteiger partial charge in [-0.05, 0) is 28.4 Å². The highest BCUT2D eigenvalue weighted by Gasteiger charge is 2.50. The molecule has 1 aliphatic rings. The Morgan fingerprint density at radius 2 is 2.16 bits per heavy atom. The second-order valence-electron chi connectivity index (χ2n) is 5.29. The Morgan fingerprint density at radius 1 is 1.47 bits per heavy atom. The van der Waals surface area contributed by atoms with Crippen molar-refractivity contribution < 1.29 is 13.2 Å². The van der Waals surface area contributed by atoms with E-state index in [1.807, 2.05) is 13.8 Å². The lowest BCUT2D eigenvalue weighted by Gasteiger charge is -2.50. The summed E-state index contributed by atoms with van der Waals surface area (Å²) >= 11 is 3.22. The average molecular weight is 349 g/mol. The Hall–Kier alpha value is -0.500. The van der Waals surface area contributed by atoms with Gasteiger partial charge in [0, 0.05) is 35.4 Å². The zero-order valence-corrected chi connectivity index (χ0v) is 13.5. The molecular weight excluding hydrogens is 332 g/mol. The highest BCUT2D eigenvalue weighted by molar-refractivity contribution is 9.10. The number of aromatic nitrogens is 1. The third kappa shape index (κ3) is 2.84. The molecule has 0 radical (unpaired) electrons. The van der Waals surface area contributed by atoms with Crippen molar-refractivity contribution in [1.82, 2.24) is 9.71 Å². The van der Waals surface area contributed by atoms with Crippen molar-refractivity contribution in [3.05, 3.63) is 22.9 Å². The number of hydrogen-bond acceptors (Lipinski definition) is 4. The van der Waals surface area contributed by atoms with Crippen molar-refractivity contribution in [2.75, 3.05) is 7.11 Å². The Morgan fingerprint density at radius 3 is 2.68 bits per heavy atom. The van der Waals surface area contributed by atoms with Crippen LogP contribution in [0.25, 0.3) is 0 Å². The van der Waals surface area contributed by atoms with Crippen LogP contribution in [0.5, 0.6) is 0 Å². The number of nitrogens with zero attached hydrogens (tertiary/aromatic N) is 1. The topological polar surface area (TPSA) is 68.3 Å². The number of hydrogen-bond donors (Lipinski definition) is 1. The Bertz CT molecular complexity index is 574. The molecule has 1 aromatic heterocycles. The predicted molar refractivity (Wildman–Crippen MR) is 75.2 cm³/mol. The average Bonchev–Trinajstić information content (AvgIpc) is 2.34. The van der Waals surface area contributed by atoms with Gasteiger partial charge in [0.1, 0.15) is 4.90 Å². The number of pyridine rings is 1. The summed E-state index contributed by atoms with van der Waals surface area (Å²) in [6.45, 7) is 3.99. The molecule has 2 rings (SSSR count). The van der Waals surface area contributed by atoms with Gasteiger partial charge in [-0.2, -0.15) is 0 Å². The van der Waals surface area contributed by atoms with E-state index in [-0.39, 0.29) is 22.5 Å². The zero-order chi connectivity index (χ0) is 14.3. The molecule has 2 atom stereocenters. The zero-order valence-electron chi connectivity index (χ0n) is 11.1. The number of sulfonamides is 1. The number of methoxy groups -OCH3 is 1. The maximum Gasteiger partial charge on any atom is 0.242 e. The van der Waals surface area contributed by atoms with E-state index in [0.717, 1.165) is 0 Å². The molecule has 0 spiro atoms. The molecule has 1 N–H and O–H groups in total. The molecular formula is C12H17BrN2O3S. The molecule has 0 aliphatic heterocycles. The Balaban J connectivity index is 2.16. The Labute approximate surface area is 121 Å².